The molecule has 28 heavy (non-hydrogen) atoms. The Morgan fingerprint density at radius 2 is 2.11 bits per heavy atom. The molecule has 0 radical (unpaired) electrons. The van der Waals surface area contributed by atoms with Gasteiger partial charge < -0.3 is 14.8 Å². The average Bonchev–Trinajstić information content (AvgIpc) is 2.69. The molecule has 5 nitrogen and oxygen atoms in total. The molecule has 3 rings (SSSR count). The monoisotopic (exact) mass is 446 g/mol. The lowest BCUT2D eigenvalue weighted by Gasteiger charge is -2.33. The number of hydrogen-bond donors (Lipinski definition) is 1. The number of nitrogens with zero attached hydrogens (tertiary/aromatic N) is 1. The standard InChI is InChI=1S/C22H27BrN2O3/c1-16-8-9-21(20(23)12-16)28-17(2)22(26)24-13-19-15-25(10-11-27-19)14-18-6-4-3-5-7-18/h3-9,12,17,19H,10-11,13-15H2,1-2H3,(H,24,26). The molecule has 6 heteroatoms. The predicted molar refractivity (Wildman–Crippen MR) is 113 cm³/mol. The van der Waals surface area contributed by atoms with E-state index in [4.69, 9.17) is 9.47 Å². The van der Waals surface area contributed by atoms with Crippen molar-refractivity contribution in [3.8, 4) is 5.75 Å². The van der Waals surface area contributed by atoms with Crippen LogP contribution in [0.2, 0.25) is 0 Å². The fraction of sp³-hybridized carbons (Fsp3) is 0.409. The van der Waals surface area contributed by atoms with Crippen LogP contribution in [0.25, 0.3) is 0 Å². The van der Waals surface area contributed by atoms with Gasteiger partial charge in [0, 0.05) is 26.2 Å². The number of hydrogen-bond acceptors (Lipinski definition) is 4. The topological polar surface area (TPSA) is 50.8 Å². The molecule has 1 saturated heterocycles. The molecule has 1 aliphatic heterocycles. The second kappa shape index (κ2) is 10.0. The third kappa shape index (κ3) is 6.06. The van der Waals surface area contributed by atoms with Crippen molar-refractivity contribution in [3.63, 3.8) is 0 Å². The molecule has 0 bridgehead atoms. The molecular weight excluding hydrogens is 420 g/mol. The van der Waals surface area contributed by atoms with Crippen molar-refractivity contribution >= 4 is 21.8 Å². The summed E-state index contributed by atoms with van der Waals surface area (Å²) in [7, 11) is 0. The van der Waals surface area contributed by atoms with Gasteiger partial charge in [0.05, 0.1) is 17.2 Å². The number of carbonyl (C=O) groups excluding carboxylic acids is 1. The zero-order valence-corrected chi connectivity index (χ0v) is 17.9. The van der Waals surface area contributed by atoms with Gasteiger partial charge in [-0.05, 0) is 53.0 Å². The summed E-state index contributed by atoms with van der Waals surface area (Å²) in [4.78, 5) is 14.8. The molecule has 1 amide bonds. The number of aryl methyl sites for hydroxylation is 1. The van der Waals surface area contributed by atoms with Gasteiger partial charge >= 0.3 is 0 Å². The first-order valence-electron chi connectivity index (χ1n) is 9.59. The summed E-state index contributed by atoms with van der Waals surface area (Å²) in [6.45, 7) is 7.52. The number of benzene rings is 2. The molecule has 1 aliphatic rings. The maximum atomic E-state index is 12.4. The maximum Gasteiger partial charge on any atom is 0.260 e. The van der Waals surface area contributed by atoms with Gasteiger partial charge in [-0.25, -0.2) is 0 Å². The van der Waals surface area contributed by atoms with Gasteiger partial charge in [0.15, 0.2) is 6.10 Å². The van der Waals surface area contributed by atoms with Gasteiger partial charge in [0.25, 0.3) is 5.91 Å². The van der Waals surface area contributed by atoms with Gasteiger partial charge in [0.1, 0.15) is 5.75 Å². The highest BCUT2D eigenvalue weighted by atomic mass is 79.9. The van der Waals surface area contributed by atoms with Crippen molar-refractivity contribution < 1.29 is 14.3 Å². The van der Waals surface area contributed by atoms with Gasteiger partial charge in [0.2, 0.25) is 0 Å². The number of morpholine rings is 1. The third-order valence-electron chi connectivity index (χ3n) is 4.74. The maximum absolute atomic E-state index is 12.4. The van der Waals surface area contributed by atoms with Crippen LogP contribution >= 0.6 is 15.9 Å². The van der Waals surface area contributed by atoms with E-state index in [1.165, 1.54) is 5.56 Å². The minimum atomic E-state index is -0.581. The Balaban J connectivity index is 1.45. The Morgan fingerprint density at radius 3 is 2.86 bits per heavy atom. The fourth-order valence-corrected chi connectivity index (χ4v) is 3.78. The minimum Gasteiger partial charge on any atom is -0.480 e. The van der Waals surface area contributed by atoms with Gasteiger partial charge in [-0.3, -0.25) is 9.69 Å². The molecule has 0 aromatic heterocycles. The highest BCUT2D eigenvalue weighted by Gasteiger charge is 2.23. The van der Waals surface area contributed by atoms with Crippen molar-refractivity contribution in [3.05, 3.63) is 64.1 Å². The average molecular weight is 447 g/mol. The molecule has 150 valence electrons. The van der Waals surface area contributed by atoms with E-state index < -0.39 is 6.10 Å². The first-order chi connectivity index (χ1) is 13.5. The molecular formula is C22H27BrN2O3. The highest BCUT2D eigenvalue weighted by Crippen LogP contribution is 2.26. The van der Waals surface area contributed by atoms with Crippen molar-refractivity contribution in [2.45, 2.75) is 32.6 Å². The van der Waals surface area contributed by atoms with Crippen LogP contribution in [-0.2, 0) is 16.1 Å². The summed E-state index contributed by atoms with van der Waals surface area (Å²) in [6.07, 6.45) is -0.595. The lowest BCUT2D eigenvalue weighted by molar-refractivity contribution is -0.128. The second-order valence-electron chi connectivity index (χ2n) is 7.15. The number of ether oxygens (including phenoxy) is 2. The van der Waals surface area contributed by atoms with Crippen LogP contribution in [0.1, 0.15) is 18.1 Å². The number of amides is 1. The van der Waals surface area contributed by atoms with E-state index >= 15 is 0 Å². The first kappa shape index (κ1) is 20.8. The Kier molecular flexibility index (Phi) is 7.48. The van der Waals surface area contributed by atoms with Crippen molar-refractivity contribution in [1.82, 2.24) is 10.2 Å². The Labute approximate surface area is 175 Å². The van der Waals surface area contributed by atoms with Crippen molar-refractivity contribution in [1.29, 1.82) is 0 Å². The summed E-state index contributed by atoms with van der Waals surface area (Å²) >= 11 is 3.48. The molecule has 1 heterocycles. The van der Waals surface area contributed by atoms with Crippen LogP contribution < -0.4 is 10.1 Å². The SMILES string of the molecule is Cc1ccc(OC(C)C(=O)NCC2CN(Cc3ccccc3)CCO2)c(Br)c1. The summed E-state index contributed by atoms with van der Waals surface area (Å²) < 4.78 is 12.5. The van der Waals surface area contributed by atoms with Crippen molar-refractivity contribution in [2.24, 2.45) is 0 Å². The van der Waals surface area contributed by atoms with Crippen LogP contribution in [0.4, 0.5) is 0 Å². The smallest absolute Gasteiger partial charge is 0.260 e. The summed E-state index contributed by atoms with van der Waals surface area (Å²) in [6, 6.07) is 16.2. The van der Waals surface area contributed by atoms with E-state index in [0.717, 1.165) is 29.7 Å². The number of halogens is 1. The highest BCUT2D eigenvalue weighted by molar-refractivity contribution is 9.10. The zero-order chi connectivity index (χ0) is 19.9. The van der Waals surface area contributed by atoms with Crippen LogP contribution in [0, 0.1) is 6.92 Å². The van der Waals surface area contributed by atoms with E-state index in [0.29, 0.717) is 18.9 Å². The Morgan fingerprint density at radius 1 is 1.32 bits per heavy atom. The van der Waals surface area contributed by atoms with E-state index in [9.17, 15) is 4.79 Å². The van der Waals surface area contributed by atoms with Crippen molar-refractivity contribution in [2.75, 3.05) is 26.2 Å². The predicted octanol–water partition coefficient (Wildman–Crippen LogP) is 3.54. The fourth-order valence-electron chi connectivity index (χ4n) is 3.19. The molecule has 2 aromatic rings. The van der Waals surface area contributed by atoms with Crippen LogP contribution in [0.5, 0.6) is 5.75 Å². The number of rotatable bonds is 7. The minimum absolute atomic E-state index is 0.0141. The molecule has 0 aliphatic carbocycles. The largest absolute Gasteiger partial charge is 0.480 e. The van der Waals surface area contributed by atoms with Crippen LogP contribution in [0.15, 0.2) is 53.0 Å². The number of carbonyl (C=O) groups is 1. The van der Waals surface area contributed by atoms with Crippen LogP contribution in [0.3, 0.4) is 0 Å². The zero-order valence-electron chi connectivity index (χ0n) is 16.4. The molecule has 1 N–H and O–H groups in total. The number of nitrogens with one attached hydrogen (secondary N) is 1. The van der Waals surface area contributed by atoms with E-state index in [1.807, 2.05) is 31.2 Å². The summed E-state index contributed by atoms with van der Waals surface area (Å²) in [5.74, 6) is 0.521. The molecule has 2 unspecified atom stereocenters. The molecule has 0 saturated carbocycles. The Hall–Kier alpha value is -1.89. The lowest BCUT2D eigenvalue weighted by Crippen LogP contribution is -2.48. The Bertz CT molecular complexity index is 785. The first-order valence-corrected chi connectivity index (χ1v) is 10.4. The molecule has 1 fully saturated rings. The summed E-state index contributed by atoms with van der Waals surface area (Å²) in [5, 5.41) is 2.96. The van der Waals surface area contributed by atoms with Gasteiger partial charge in [-0.1, -0.05) is 36.4 Å². The van der Waals surface area contributed by atoms with Gasteiger partial charge in [-0.15, -0.1) is 0 Å². The van der Waals surface area contributed by atoms with E-state index in [-0.39, 0.29) is 12.0 Å². The van der Waals surface area contributed by atoms with E-state index in [2.05, 4.69) is 50.4 Å². The lowest BCUT2D eigenvalue weighted by atomic mass is 10.2. The second-order valence-corrected chi connectivity index (χ2v) is 8.01. The molecule has 2 atom stereocenters. The summed E-state index contributed by atoms with van der Waals surface area (Å²) in [5.41, 5.74) is 2.42. The van der Waals surface area contributed by atoms with Gasteiger partial charge in [-0.2, -0.15) is 0 Å². The normalized spacial score (nSPS) is 18.5. The molecule has 2 aromatic carbocycles. The quantitative estimate of drug-likeness (QED) is 0.706. The molecule has 0 spiro atoms. The van der Waals surface area contributed by atoms with Crippen LogP contribution in [-0.4, -0.2) is 49.3 Å². The third-order valence-corrected chi connectivity index (χ3v) is 5.36. The van der Waals surface area contributed by atoms with E-state index in [1.54, 1.807) is 6.92 Å².